The minimum absolute atomic E-state index is 0.336. The Labute approximate surface area is 119 Å². The van der Waals surface area contributed by atoms with E-state index in [4.69, 9.17) is 37.8 Å². The molecule has 1 N–H and O–H groups in total. The summed E-state index contributed by atoms with van der Waals surface area (Å²) in [4.78, 5) is 26.8. The van der Waals surface area contributed by atoms with Gasteiger partial charge >= 0.3 is 0 Å². The van der Waals surface area contributed by atoms with Gasteiger partial charge in [0.05, 0.1) is 10.0 Å². The Morgan fingerprint density at radius 2 is 1.84 bits per heavy atom. The van der Waals surface area contributed by atoms with Crippen molar-refractivity contribution in [1.82, 2.24) is 10.5 Å². The van der Waals surface area contributed by atoms with E-state index in [2.05, 4.69) is 5.32 Å². The van der Waals surface area contributed by atoms with Gasteiger partial charge in [-0.25, -0.2) is 9.68 Å². The highest BCUT2D eigenvalue weighted by Crippen LogP contribution is 2.25. The number of benzene rings is 1. The molecule has 0 radical (unpaired) electrons. The summed E-state index contributed by atoms with van der Waals surface area (Å²) in [6.07, 6.45) is -1.17. The van der Waals surface area contributed by atoms with Gasteiger partial charge in [-0.05, 0) is 28.7 Å². The van der Waals surface area contributed by atoms with Crippen LogP contribution in [0.2, 0.25) is 10.0 Å². The molecule has 1 aromatic carbocycles. The summed E-state index contributed by atoms with van der Waals surface area (Å²) in [6, 6.07) is 4.71. The lowest BCUT2D eigenvalue weighted by atomic mass is 10.3. The van der Waals surface area contributed by atoms with E-state index in [1.807, 2.05) is 0 Å². The normalized spacial score (nSPS) is 18.5. The molecule has 7 nitrogen and oxygen atoms in total. The van der Waals surface area contributed by atoms with Gasteiger partial charge in [0.15, 0.2) is 0 Å². The Bertz CT molecular complexity index is 478. The van der Waals surface area contributed by atoms with Crippen LogP contribution >= 0.6 is 23.2 Å². The quantitative estimate of drug-likeness (QED) is 0.899. The maximum absolute atomic E-state index is 11.9. The van der Waals surface area contributed by atoms with Gasteiger partial charge in [-0.3, -0.25) is 4.79 Å². The molecule has 1 aromatic rings. The smallest absolute Gasteiger partial charge is 0.285 e. The first-order chi connectivity index (χ1) is 8.95. The van der Waals surface area contributed by atoms with Crippen LogP contribution in [0.25, 0.3) is 0 Å². The zero-order valence-electron chi connectivity index (χ0n) is 10.1. The molecule has 1 heterocycles. The van der Waals surface area contributed by atoms with Gasteiger partial charge in [0, 0.05) is 19.8 Å². The van der Waals surface area contributed by atoms with Crippen molar-refractivity contribution in [3.63, 3.8) is 0 Å². The summed E-state index contributed by atoms with van der Waals surface area (Å²) in [7, 11) is 2.97. The number of rotatable bonds is 2. The Balaban J connectivity index is 2.02. The molecule has 2 rings (SSSR count). The first-order valence-corrected chi connectivity index (χ1v) is 5.96. The van der Waals surface area contributed by atoms with E-state index in [1.165, 1.54) is 20.2 Å². The first kappa shape index (κ1) is 14.5. The molecule has 1 aliphatic rings. The van der Waals surface area contributed by atoms with Crippen LogP contribution in [-0.4, -0.2) is 36.7 Å². The number of hydrogen-bond donors (Lipinski definition) is 1. The summed E-state index contributed by atoms with van der Waals surface area (Å²) in [5.41, 5.74) is 0.475. The third-order valence-corrected chi connectivity index (χ3v) is 2.86. The van der Waals surface area contributed by atoms with Crippen LogP contribution in [0.4, 0.5) is 5.69 Å². The summed E-state index contributed by atoms with van der Waals surface area (Å²) >= 11 is 11.6. The van der Waals surface area contributed by atoms with Gasteiger partial charge in [-0.1, -0.05) is 23.2 Å². The van der Waals surface area contributed by atoms with E-state index >= 15 is 0 Å². The van der Waals surface area contributed by atoms with Crippen molar-refractivity contribution in [2.24, 2.45) is 0 Å². The molecule has 0 aliphatic carbocycles. The lowest BCUT2D eigenvalue weighted by molar-refractivity contribution is -0.601. The van der Waals surface area contributed by atoms with Crippen LogP contribution in [0.1, 0.15) is 0 Å². The van der Waals surface area contributed by atoms with Gasteiger partial charge in [0.2, 0.25) is 0 Å². The van der Waals surface area contributed by atoms with Crippen LogP contribution < -0.4 is 5.32 Å². The monoisotopic (exact) mass is 307 g/mol. The molecule has 0 unspecified atom stereocenters. The molecule has 104 valence electrons. The predicted octanol–water partition coefficient (Wildman–Crippen LogP) is 1.84. The van der Waals surface area contributed by atoms with E-state index in [9.17, 15) is 4.79 Å². The van der Waals surface area contributed by atoms with Gasteiger partial charge in [0.25, 0.3) is 12.2 Å². The highest BCUT2D eigenvalue weighted by Gasteiger charge is 2.30. The van der Waals surface area contributed by atoms with E-state index in [0.29, 0.717) is 15.7 Å². The molecule has 0 aromatic heterocycles. The molecular weight excluding hydrogens is 297 g/mol. The molecule has 0 spiro atoms. The van der Waals surface area contributed by atoms with Crippen molar-refractivity contribution in [3.05, 3.63) is 28.2 Å². The van der Waals surface area contributed by atoms with Crippen molar-refractivity contribution < 1.29 is 19.4 Å². The Kier molecular flexibility index (Phi) is 4.58. The number of nitrogens with one attached hydrogen (secondary N) is 1. The average Bonchev–Trinajstić information content (AvgIpc) is 2.32. The minimum Gasteiger partial charge on any atom is -0.321 e. The first-order valence-electron chi connectivity index (χ1n) is 5.20. The number of anilines is 1. The van der Waals surface area contributed by atoms with Crippen molar-refractivity contribution in [3.8, 4) is 0 Å². The van der Waals surface area contributed by atoms with Crippen LogP contribution in [0, 0.1) is 0 Å². The van der Waals surface area contributed by atoms with Crippen molar-refractivity contribution >= 4 is 34.8 Å². The molecule has 9 heteroatoms. The molecule has 19 heavy (non-hydrogen) atoms. The van der Waals surface area contributed by atoms with Crippen molar-refractivity contribution in [2.45, 2.75) is 6.29 Å². The second kappa shape index (κ2) is 6.02. The largest absolute Gasteiger partial charge is 0.321 e. The average molecular weight is 308 g/mol. The molecule has 0 bridgehead atoms. The number of nitrogens with zero attached hydrogens (tertiary/aromatic N) is 2. The van der Waals surface area contributed by atoms with Gasteiger partial charge < -0.3 is 5.32 Å². The maximum atomic E-state index is 11.9. The molecule has 0 atom stereocenters. The fraction of sp³-hybridized carbons (Fsp3) is 0.300. The van der Waals surface area contributed by atoms with Gasteiger partial charge in [-0.15, -0.1) is 0 Å². The number of halogens is 2. The number of carbonyl (C=O) groups excluding carboxylic acids is 1. The fourth-order valence-corrected chi connectivity index (χ4v) is 1.66. The second-order valence-electron chi connectivity index (χ2n) is 3.62. The highest BCUT2D eigenvalue weighted by atomic mass is 35.5. The van der Waals surface area contributed by atoms with E-state index in [0.717, 1.165) is 10.5 Å². The summed E-state index contributed by atoms with van der Waals surface area (Å²) in [5, 5.41) is 5.32. The summed E-state index contributed by atoms with van der Waals surface area (Å²) < 4.78 is 0. The molecule has 1 saturated heterocycles. The molecule has 1 aliphatic heterocycles. The third-order valence-electron chi connectivity index (χ3n) is 2.12. The van der Waals surface area contributed by atoms with E-state index in [1.54, 1.807) is 12.1 Å². The third kappa shape index (κ3) is 3.77. The zero-order chi connectivity index (χ0) is 14.0. The Morgan fingerprint density at radius 3 is 2.42 bits per heavy atom. The minimum atomic E-state index is -1.17. The lowest BCUT2D eigenvalue weighted by Gasteiger charge is -2.32. The van der Waals surface area contributed by atoms with Gasteiger partial charge in [0.1, 0.15) is 0 Å². The number of hydrogen-bond acceptors (Lipinski definition) is 6. The van der Waals surface area contributed by atoms with Crippen LogP contribution in [0.15, 0.2) is 18.2 Å². The summed E-state index contributed by atoms with van der Waals surface area (Å²) in [6.45, 7) is 0. The standard InChI is InChI=1S/C10H11Cl2N3O4/c1-14-17-10(18-15(2)19-14)9(16)13-6-3-4-7(11)8(12)5-6/h3-5,10H,1-2H3,(H,13,16). The number of amides is 1. The van der Waals surface area contributed by atoms with Crippen LogP contribution in [-0.2, 0) is 19.4 Å². The highest BCUT2D eigenvalue weighted by molar-refractivity contribution is 6.42. The fourth-order valence-electron chi connectivity index (χ4n) is 1.36. The molecule has 0 saturated carbocycles. The Hall–Kier alpha value is -0.930. The van der Waals surface area contributed by atoms with E-state index in [-0.39, 0.29) is 0 Å². The summed E-state index contributed by atoms with van der Waals surface area (Å²) in [5.74, 6) is -0.514. The van der Waals surface area contributed by atoms with Crippen LogP contribution in [0.5, 0.6) is 0 Å². The lowest BCUT2D eigenvalue weighted by Crippen LogP contribution is -2.48. The number of carbonyl (C=O) groups is 1. The Morgan fingerprint density at radius 1 is 1.21 bits per heavy atom. The zero-order valence-corrected chi connectivity index (χ0v) is 11.6. The second-order valence-corrected chi connectivity index (χ2v) is 4.44. The number of hydroxylamine groups is 4. The van der Waals surface area contributed by atoms with Gasteiger partial charge in [-0.2, -0.15) is 4.94 Å². The molecular formula is C10H11Cl2N3O4. The van der Waals surface area contributed by atoms with E-state index < -0.39 is 12.2 Å². The van der Waals surface area contributed by atoms with Crippen molar-refractivity contribution in [1.29, 1.82) is 0 Å². The van der Waals surface area contributed by atoms with Crippen LogP contribution in [0.3, 0.4) is 0 Å². The topological polar surface area (TPSA) is 63.3 Å². The molecule has 1 amide bonds. The SMILES string of the molecule is CN1OC(C(=O)Nc2ccc(Cl)c(Cl)c2)ON(C)O1. The predicted molar refractivity (Wildman–Crippen MR) is 67.7 cm³/mol. The maximum Gasteiger partial charge on any atom is 0.285 e. The van der Waals surface area contributed by atoms with Crippen molar-refractivity contribution in [2.75, 3.05) is 19.4 Å². The molecule has 1 fully saturated rings.